The number of likely N-dealkylation sites (N-methyl/N-ethyl adjacent to an activating group) is 1. The second kappa shape index (κ2) is 5.07. The summed E-state index contributed by atoms with van der Waals surface area (Å²) in [5.41, 5.74) is 7.98. The number of rotatable bonds is 3. The zero-order valence-corrected chi connectivity index (χ0v) is 10.4. The van der Waals surface area contributed by atoms with Crippen LogP contribution in [0.3, 0.4) is 0 Å². The molecule has 0 aliphatic heterocycles. The van der Waals surface area contributed by atoms with Crippen molar-refractivity contribution in [1.82, 2.24) is 5.32 Å². The van der Waals surface area contributed by atoms with E-state index in [-0.39, 0.29) is 11.9 Å². The first-order valence-electron chi connectivity index (χ1n) is 4.99. The van der Waals surface area contributed by atoms with Gasteiger partial charge in [-0.3, -0.25) is 4.79 Å². The Hall–Kier alpha value is -1.42. The van der Waals surface area contributed by atoms with E-state index in [2.05, 4.69) is 10.6 Å². The third-order valence-electron chi connectivity index (χ3n) is 2.36. The van der Waals surface area contributed by atoms with Crippen molar-refractivity contribution in [1.29, 1.82) is 0 Å². The van der Waals surface area contributed by atoms with Gasteiger partial charge in [0.2, 0.25) is 5.91 Å². The minimum Gasteiger partial charge on any atom is -0.398 e. The zero-order valence-electron chi connectivity index (χ0n) is 9.60. The van der Waals surface area contributed by atoms with Crippen molar-refractivity contribution in [2.45, 2.75) is 19.9 Å². The van der Waals surface area contributed by atoms with Crippen molar-refractivity contribution in [3.05, 3.63) is 22.7 Å². The number of carbonyl (C=O) groups is 1. The SMILES string of the molecule is CNC(=O)C(C)Nc1cc(Cl)c(N)cc1C. The molecule has 0 saturated carbocycles. The first-order valence-corrected chi connectivity index (χ1v) is 5.37. The lowest BCUT2D eigenvalue weighted by molar-refractivity contribution is -0.121. The van der Waals surface area contributed by atoms with Crippen LogP contribution in [0.5, 0.6) is 0 Å². The molecule has 1 aromatic carbocycles. The Morgan fingerprint density at radius 3 is 2.69 bits per heavy atom. The normalized spacial score (nSPS) is 12.0. The summed E-state index contributed by atoms with van der Waals surface area (Å²) in [6.45, 7) is 3.69. The van der Waals surface area contributed by atoms with Crippen molar-refractivity contribution in [3.63, 3.8) is 0 Å². The number of aryl methyl sites for hydroxylation is 1. The van der Waals surface area contributed by atoms with Crippen LogP contribution < -0.4 is 16.4 Å². The maximum atomic E-state index is 11.3. The zero-order chi connectivity index (χ0) is 12.3. The molecule has 5 heteroatoms. The molecule has 0 heterocycles. The van der Waals surface area contributed by atoms with E-state index in [4.69, 9.17) is 17.3 Å². The van der Waals surface area contributed by atoms with E-state index in [1.54, 1.807) is 26.1 Å². The maximum Gasteiger partial charge on any atom is 0.241 e. The Balaban J connectivity index is 2.89. The third kappa shape index (κ3) is 2.79. The summed E-state index contributed by atoms with van der Waals surface area (Å²) in [6.07, 6.45) is 0. The van der Waals surface area contributed by atoms with Gasteiger partial charge < -0.3 is 16.4 Å². The number of anilines is 2. The number of hydrogen-bond donors (Lipinski definition) is 3. The molecule has 1 atom stereocenters. The Bertz CT molecular complexity index is 406. The van der Waals surface area contributed by atoms with Crippen molar-refractivity contribution in [2.24, 2.45) is 0 Å². The van der Waals surface area contributed by atoms with Crippen LogP contribution in [-0.4, -0.2) is 19.0 Å². The highest BCUT2D eigenvalue weighted by atomic mass is 35.5. The fraction of sp³-hybridized carbons (Fsp3) is 0.364. The van der Waals surface area contributed by atoms with Gasteiger partial charge in [-0.2, -0.15) is 0 Å². The molecule has 1 aromatic rings. The van der Waals surface area contributed by atoms with Gasteiger partial charge in [-0.05, 0) is 31.5 Å². The molecule has 1 unspecified atom stereocenters. The van der Waals surface area contributed by atoms with Crippen molar-refractivity contribution < 1.29 is 4.79 Å². The minimum atomic E-state index is -0.316. The van der Waals surface area contributed by atoms with Crippen LogP contribution in [0.1, 0.15) is 12.5 Å². The van der Waals surface area contributed by atoms with Gasteiger partial charge in [0, 0.05) is 12.7 Å². The molecule has 0 aromatic heterocycles. The lowest BCUT2D eigenvalue weighted by Gasteiger charge is -2.16. The fourth-order valence-electron chi connectivity index (χ4n) is 1.37. The molecule has 0 aliphatic rings. The Morgan fingerprint density at radius 1 is 1.50 bits per heavy atom. The van der Waals surface area contributed by atoms with Crippen molar-refractivity contribution in [2.75, 3.05) is 18.1 Å². The van der Waals surface area contributed by atoms with Crippen LogP contribution in [0.4, 0.5) is 11.4 Å². The number of carbonyl (C=O) groups excluding carboxylic acids is 1. The van der Waals surface area contributed by atoms with Gasteiger partial charge in [0.15, 0.2) is 0 Å². The Labute approximate surface area is 100 Å². The van der Waals surface area contributed by atoms with E-state index in [1.165, 1.54) is 0 Å². The number of hydrogen-bond acceptors (Lipinski definition) is 3. The maximum absolute atomic E-state index is 11.3. The van der Waals surface area contributed by atoms with Gasteiger partial charge in [-0.1, -0.05) is 11.6 Å². The van der Waals surface area contributed by atoms with Crippen LogP contribution in [0, 0.1) is 6.92 Å². The molecule has 0 radical (unpaired) electrons. The molecule has 0 aliphatic carbocycles. The highest BCUT2D eigenvalue weighted by molar-refractivity contribution is 6.33. The van der Waals surface area contributed by atoms with E-state index in [0.29, 0.717) is 10.7 Å². The summed E-state index contributed by atoms with van der Waals surface area (Å²) >= 11 is 5.92. The van der Waals surface area contributed by atoms with E-state index in [9.17, 15) is 4.79 Å². The summed E-state index contributed by atoms with van der Waals surface area (Å²) in [6, 6.07) is 3.19. The second-order valence-corrected chi connectivity index (χ2v) is 4.08. The topological polar surface area (TPSA) is 67.2 Å². The summed E-state index contributed by atoms with van der Waals surface area (Å²) < 4.78 is 0. The molecule has 0 saturated heterocycles. The second-order valence-electron chi connectivity index (χ2n) is 3.67. The van der Waals surface area contributed by atoms with E-state index < -0.39 is 0 Å². The molecule has 1 amide bonds. The first kappa shape index (κ1) is 12.6. The number of nitrogen functional groups attached to an aromatic ring is 1. The smallest absolute Gasteiger partial charge is 0.241 e. The Kier molecular flexibility index (Phi) is 4.01. The highest BCUT2D eigenvalue weighted by Gasteiger charge is 2.12. The van der Waals surface area contributed by atoms with Gasteiger partial charge in [-0.15, -0.1) is 0 Å². The Morgan fingerprint density at radius 2 is 2.12 bits per heavy atom. The van der Waals surface area contributed by atoms with Crippen LogP contribution in [-0.2, 0) is 4.79 Å². The van der Waals surface area contributed by atoms with E-state index in [0.717, 1.165) is 11.3 Å². The molecule has 0 bridgehead atoms. The molecule has 1 rings (SSSR count). The van der Waals surface area contributed by atoms with Crippen LogP contribution in [0.2, 0.25) is 5.02 Å². The molecular weight excluding hydrogens is 226 g/mol. The van der Waals surface area contributed by atoms with Gasteiger partial charge in [-0.25, -0.2) is 0 Å². The highest BCUT2D eigenvalue weighted by Crippen LogP contribution is 2.27. The average molecular weight is 242 g/mol. The molecule has 4 nitrogen and oxygen atoms in total. The largest absolute Gasteiger partial charge is 0.398 e. The molecule has 88 valence electrons. The summed E-state index contributed by atoms with van der Waals surface area (Å²) in [7, 11) is 1.60. The minimum absolute atomic E-state index is 0.0765. The molecule has 0 spiro atoms. The van der Waals surface area contributed by atoms with Crippen LogP contribution >= 0.6 is 11.6 Å². The summed E-state index contributed by atoms with van der Waals surface area (Å²) in [5.74, 6) is -0.0765. The van der Waals surface area contributed by atoms with Gasteiger partial charge >= 0.3 is 0 Å². The van der Waals surface area contributed by atoms with Crippen LogP contribution in [0.15, 0.2) is 12.1 Å². The average Bonchev–Trinajstić information content (AvgIpc) is 2.24. The van der Waals surface area contributed by atoms with Crippen LogP contribution in [0.25, 0.3) is 0 Å². The predicted octanol–water partition coefficient (Wildman–Crippen LogP) is 1.78. The van der Waals surface area contributed by atoms with Gasteiger partial charge in [0.25, 0.3) is 0 Å². The number of nitrogens with one attached hydrogen (secondary N) is 2. The number of halogens is 1. The molecular formula is C11H16ClN3O. The first-order chi connectivity index (χ1) is 7.45. The summed E-state index contributed by atoms with van der Waals surface area (Å²) in [4.78, 5) is 11.3. The number of amides is 1. The molecule has 16 heavy (non-hydrogen) atoms. The molecule has 0 fully saturated rings. The molecule has 4 N–H and O–H groups in total. The lowest BCUT2D eigenvalue weighted by Crippen LogP contribution is -2.35. The number of benzene rings is 1. The fourth-order valence-corrected chi connectivity index (χ4v) is 1.54. The quantitative estimate of drug-likeness (QED) is 0.707. The standard InChI is InChI=1S/C11H16ClN3O/c1-6-4-9(13)8(12)5-10(6)15-7(2)11(16)14-3/h4-5,7,15H,13H2,1-3H3,(H,14,16). The number of nitrogens with two attached hydrogens (primary N) is 1. The third-order valence-corrected chi connectivity index (χ3v) is 2.68. The van der Waals surface area contributed by atoms with Gasteiger partial charge in [0.05, 0.1) is 10.7 Å². The van der Waals surface area contributed by atoms with Crippen molar-refractivity contribution >= 4 is 28.9 Å². The van der Waals surface area contributed by atoms with Crippen molar-refractivity contribution in [3.8, 4) is 0 Å². The predicted molar refractivity (Wildman–Crippen MR) is 67.8 cm³/mol. The monoisotopic (exact) mass is 241 g/mol. The van der Waals surface area contributed by atoms with E-state index in [1.807, 2.05) is 6.92 Å². The van der Waals surface area contributed by atoms with E-state index >= 15 is 0 Å². The lowest BCUT2D eigenvalue weighted by atomic mass is 10.1. The van der Waals surface area contributed by atoms with Gasteiger partial charge in [0.1, 0.15) is 6.04 Å². The summed E-state index contributed by atoms with van der Waals surface area (Å²) in [5, 5.41) is 6.13.